The number of carboxylic acid groups (broad SMARTS) is 1. The van der Waals surface area contributed by atoms with E-state index in [9.17, 15) is 14.7 Å². The average Bonchev–Trinajstić information content (AvgIpc) is 2.76. The van der Waals surface area contributed by atoms with E-state index in [4.69, 9.17) is 16.9 Å². The van der Waals surface area contributed by atoms with Crippen molar-refractivity contribution in [3.05, 3.63) is 95.6 Å². The number of aliphatic carboxylic acids is 1. The van der Waals surface area contributed by atoms with Crippen LogP contribution >= 0.6 is 12.4 Å². The number of nitrogens with two attached hydrogens (primary N) is 2. The van der Waals surface area contributed by atoms with Crippen molar-refractivity contribution in [3.8, 4) is 0 Å². The van der Waals surface area contributed by atoms with E-state index >= 15 is 0 Å². The number of benzene rings is 3. The van der Waals surface area contributed by atoms with Crippen LogP contribution in [-0.2, 0) is 11.2 Å². The van der Waals surface area contributed by atoms with Gasteiger partial charge in [-0.1, -0.05) is 48.0 Å². The van der Waals surface area contributed by atoms with Gasteiger partial charge < -0.3 is 27.2 Å². The van der Waals surface area contributed by atoms with Crippen LogP contribution < -0.4 is 22.1 Å². The lowest BCUT2D eigenvalue weighted by Crippen LogP contribution is -2.42. The minimum absolute atomic E-state index is 0. The maximum Gasteiger partial charge on any atom is 0.326 e. The van der Waals surface area contributed by atoms with E-state index in [-0.39, 0.29) is 24.8 Å². The van der Waals surface area contributed by atoms with Crippen LogP contribution in [0.5, 0.6) is 0 Å². The summed E-state index contributed by atoms with van der Waals surface area (Å²) in [7, 11) is 0. The highest BCUT2D eigenvalue weighted by Crippen LogP contribution is 2.10. The number of aryl methyl sites for hydroxylation is 1. The SMILES string of the molecule is Cc1ccc(N)cc1.Cl.N=C(N)Nc1ccc(C(=O)N[C@@H](Cc2ccccc2)C(=O)O)cc1. The maximum atomic E-state index is 12.2. The molecule has 0 aliphatic carbocycles. The second-order valence-electron chi connectivity index (χ2n) is 7.08. The molecule has 0 bridgehead atoms. The number of anilines is 2. The minimum Gasteiger partial charge on any atom is -0.480 e. The van der Waals surface area contributed by atoms with Gasteiger partial charge >= 0.3 is 5.97 Å². The van der Waals surface area contributed by atoms with Crippen LogP contribution in [0.1, 0.15) is 21.5 Å². The summed E-state index contributed by atoms with van der Waals surface area (Å²) in [5, 5.41) is 21.6. The average molecular weight is 470 g/mol. The van der Waals surface area contributed by atoms with Crippen molar-refractivity contribution < 1.29 is 14.7 Å². The van der Waals surface area contributed by atoms with Crippen molar-refractivity contribution in [2.75, 3.05) is 11.1 Å². The first-order valence-corrected chi connectivity index (χ1v) is 9.85. The molecule has 8 nitrogen and oxygen atoms in total. The Morgan fingerprint density at radius 1 is 0.970 bits per heavy atom. The van der Waals surface area contributed by atoms with Crippen molar-refractivity contribution in [2.24, 2.45) is 5.73 Å². The first-order chi connectivity index (χ1) is 15.2. The third-order valence-electron chi connectivity index (χ3n) is 4.39. The van der Waals surface area contributed by atoms with Crippen LogP contribution in [0.4, 0.5) is 11.4 Å². The molecule has 3 rings (SSSR count). The minimum atomic E-state index is -1.10. The third-order valence-corrected chi connectivity index (χ3v) is 4.39. The molecule has 0 saturated carbocycles. The van der Waals surface area contributed by atoms with Crippen LogP contribution in [-0.4, -0.2) is 29.0 Å². The number of carbonyl (C=O) groups excluding carboxylic acids is 1. The summed E-state index contributed by atoms with van der Waals surface area (Å²) in [6, 6.07) is 22.1. The molecule has 0 spiro atoms. The molecule has 0 heterocycles. The second-order valence-corrected chi connectivity index (χ2v) is 7.08. The van der Waals surface area contributed by atoms with Gasteiger partial charge in [-0.15, -0.1) is 12.4 Å². The highest BCUT2D eigenvalue weighted by Gasteiger charge is 2.21. The Morgan fingerprint density at radius 3 is 2.03 bits per heavy atom. The molecule has 0 aliphatic heterocycles. The van der Waals surface area contributed by atoms with Crippen LogP contribution in [0, 0.1) is 12.3 Å². The Balaban J connectivity index is 0.000000511. The number of amides is 1. The van der Waals surface area contributed by atoms with Crippen molar-refractivity contribution in [1.82, 2.24) is 5.32 Å². The van der Waals surface area contributed by atoms with Gasteiger partial charge in [0.05, 0.1) is 0 Å². The molecular formula is C24H28ClN5O3. The molecule has 9 heteroatoms. The lowest BCUT2D eigenvalue weighted by Gasteiger charge is -2.15. The summed E-state index contributed by atoms with van der Waals surface area (Å²) in [5.41, 5.74) is 14.4. The molecule has 174 valence electrons. The van der Waals surface area contributed by atoms with Crippen LogP contribution in [0.3, 0.4) is 0 Å². The molecule has 0 fully saturated rings. The number of guanidine groups is 1. The molecule has 0 aliphatic rings. The van der Waals surface area contributed by atoms with Gasteiger partial charge in [-0.3, -0.25) is 10.2 Å². The number of carbonyl (C=O) groups is 2. The van der Waals surface area contributed by atoms with Gasteiger partial charge in [0.2, 0.25) is 0 Å². The molecule has 3 aromatic carbocycles. The van der Waals surface area contributed by atoms with Gasteiger partial charge in [0.15, 0.2) is 5.96 Å². The number of halogens is 1. The first kappa shape index (κ1) is 27.0. The number of nitrogen functional groups attached to an aromatic ring is 1. The monoisotopic (exact) mass is 469 g/mol. The molecule has 1 atom stereocenters. The normalized spacial score (nSPS) is 10.5. The maximum absolute atomic E-state index is 12.2. The van der Waals surface area contributed by atoms with E-state index in [1.54, 1.807) is 12.1 Å². The van der Waals surface area contributed by atoms with E-state index in [0.717, 1.165) is 11.3 Å². The number of nitrogens with one attached hydrogen (secondary N) is 3. The predicted octanol–water partition coefficient (Wildman–Crippen LogP) is 3.42. The number of hydrogen-bond donors (Lipinski definition) is 6. The van der Waals surface area contributed by atoms with Crippen molar-refractivity contribution in [2.45, 2.75) is 19.4 Å². The van der Waals surface area contributed by atoms with Gasteiger partial charge in [0, 0.05) is 23.4 Å². The van der Waals surface area contributed by atoms with Gasteiger partial charge in [-0.05, 0) is 48.9 Å². The van der Waals surface area contributed by atoms with Crippen LogP contribution in [0.15, 0.2) is 78.9 Å². The predicted molar refractivity (Wildman–Crippen MR) is 134 cm³/mol. The Hall–Kier alpha value is -4.04. The van der Waals surface area contributed by atoms with E-state index in [1.807, 2.05) is 61.5 Å². The summed E-state index contributed by atoms with van der Waals surface area (Å²) in [6.07, 6.45) is 0.200. The zero-order valence-electron chi connectivity index (χ0n) is 18.1. The van der Waals surface area contributed by atoms with Crippen molar-refractivity contribution in [3.63, 3.8) is 0 Å². The molecule has 0 saturated heterocycles. The summed E-state index contributed by atoms with van der Waals surface area (Å²) in [6.45, 7) is 2.04. The molecule has 3 aromatic rings. The largest absolute Gasteiger partial charge is 0.480 e. The Bertz CT molecular complexity index is 1020. The lowest BCUT2D eigenvalue weighted by atomic mass is 10.1. The van der Waals surface area contributed by atoms with E-state index in [2.05, 4.69) is 10.6 Å². The zero-order chi connectivity index (χ0) is 23.5. The van der Waals surface area contributed by atoms with Gasteiger partial charge in [0.1, 0.15) is 6.04 Å². The topological polar surface area (TPSA) is 154 Å². The molecule has 0 radical (unpaired) electrons. The fourth-order valence-electron chi connectivity index (χ4n) is 2.72. The molecule has 33 heavy (non-hydrogen) atoms. The molecular weight excluding hydrogens is 442 g/mol. The molecule has 8 N–H and O–H groups in total. The Labute approximate surface area is 198 Å². The summed E-state index contributed by atoms with van der Waals surface area (Å²) in [4.78, 5) is 23.6. The highest BCUT2D eigenvalue weighted by atomic mass is 35.5. The summed E-state index contributed by atoms with van der Waals surface area (Å²) < 4.78 is 0. The van der Waals surface area contributed by atoms with Crippen molar-refractivity contribution >= 4 is 41.6 Å². The Kier molecular flexibility index (Phi) is 11.0. The van der Waals surface area contributed by atoms with Crippen molar-refractivity contribution in [1.29, 1.82) is 5.41 Å². The molecule has 1 amide bonds. The third kappa shape index (κ3) is 9.75. The fraction of sp³-hybridized carbons (Fsp3) is 0.125. The van der Waals surface area contributed by atoms with Crippen LogP contribution in [0.25, 0.3) is 0 Å². The van der Waals surface area contributed by atoms with Gasteiger partial charge in [-0.2, -0.15) is 0 Å². The summed E-state index contributed by atoms with van der Waals surface area (Å²) in [5.74, 6) is -1.78. The first-order valence-electron chi connectivity index (χ1n) is 9.85. The smallest absolute Gasteiger partial charge is 0.326 e. The standard InChI is InChI=1S/C17H18N4O3.C7H9N.ClH/c18-17(19)20-13-8-6-12(7-9-13)15(22)21-14(16(23)24)10-11-4-2-1-3-5-11;1-6-2-4-7(8)5-3-6;/h1-9,14H,10H2,(H,21,22)(H,23,24)(H4,18,19,20);2-5H,8H2,1H3;1H/t14-;;/m0../s1. The number of rotatable bonds is 6. The quantitative estimate of drug-likeness (QED) is 0.184. The molecule has 0 unspecified atom stereocenters. The molecule has 0 aromatic heterocycles. The zero-order valence-corrected chi connectivity index (χ0v) is 18.9. The van der Waals surface area contributed by atoms with E-state index in [0.29, 0.717) is 11.3 Å². The van der Waals surface area contributed by atoms with E-state index in [1.165, 1.54) is 17.7 Å². The van der Waals surface area contributed by atoms with Gasteiger partial charge in [-0.25, -0.2) is 4.79 Å². The number of hydrogen-bond acceptors (Lipinski definition) is 4. The van der Waals surface area contributed by atoms with E-state index < -0.39 is 17.9 Å². The highest BCUT2D eigenvalue weighted by molar-refractivity contribution is 5.97. The summed E-state index contributed by atoms with van der Waals surface area (Å²) >= 11 is 0. The Morgan fingerprint density at radius 2 is 1.55 bits per heavy atom. The van der Waals surface area contributed by atoms with Gasteiger partial charge in [0.25, 0.3) is 5.91 Å². The number of carboxylic acids is 1. The lowest BCUT2D eigenvalue weighted by molar-refractivity contribution is -0.139. The van der Waals surface area contributed by atoms with Crippen LogP contribution in [0.2, 0.25) is 0 Å². The second kappa shape index (κ2) is 13.4. The fourth-order valence-corrected chi connectivity index (χ4v) is 2.72.